The molecule has 0 heterocycles. The van der Waals surface area contributed by atoms with Crippen molar-refractivity contribution in [3.05, 3.63) is 57.3 Å². The summed E-state index contributed by atoms with van der Waals surface area (Å²) in [4.78, 5) is 0. The Hall–Kier alpha value is -0.760. The Morgan fingerprint density at radius 3 is 1.62 bits per heavy atom. The summed E-state index contributed by atoms with van der Waals surface area (Å²) in [5, 5.41) is 1.04. The lowest BCUT2D eigenvalue weighted by atomic mass is 10.0. The molecule has 0 fully saturated rings. The summed E-state index contributed by atoms with van der Waals surface area (Å²) in [6.07, 6.45) is 0. The maximum Gasteiger partial charge on any atom is 0.132 e. The summed E-state index contributed by atoms with van der Waals surface area (Å²) in [7, 11) is 0. The minimum Gasteiger partial charge on any atom is -0.206 e. The van der Waals surface area contributed by atoms with Crippen LogP contribution in [0, 0.1) is 5.82 Å². The van der Waals surface area contributed by atoms with Crippen molar-refractivity contribution in [2.75, 3.05) is 0 Å². The fourth-order valence-electron chi connectivity index (χ4n) is 1.47. The van der Waals surface area contributed by atoms with E-state index < -0.39 is 5.82 Å². The molecule has 0 spiro atoms. The van der Waals surface area contributed by atoms with Gasteiger partial charge < -0.3 is 0 Å². The SMILES string of the molecule is Fc1cccc(Cl)c1-c1c(Cl)cccc1Cl. The first kappa shape index (κ1) is 11.7. The smallest absolute Gasteiger partial charge is 0.132 e. The Morgan fingerprint density at radius 2 is 1.12 bits per heavy atom. The zero-order chi connectivity index (χ0) is 11.7. The third-order valence-electron chi connectivity index (χ3n) is 2.18. The van der Waals surface area contributed by atoms with Crippen molar-refractivity contribution in [3.8, 4) is 11.1 Å². The zero-order valence-corrected chi connectivity index (χ0v) is 10.2. The Bertz CT molecular complexity index is 448. The van der Waals surface area contributed by atoms with Crippen LogP contribution in [0.25, 0.3) is 11.1 Å². The Morgan fingerprint density at radius 1 is 0.688 bits per heavy atom. The molecule has 0 aliphatic carbocycles. The molecule has 0 amide bonds. The van der Waals surface area contributed by atoms with Crippen molar-refractivity contribution in [2.24, 2.45) is 0 Å². The highest BCUT2D eigenvalue weighted by atomic mass is 35.5. The summed E-state index contributed by atoms with van der Waals surface area (Å²) >= 11 is 17.9. The van der Waals surface area contributed by atoms with E-state index in [0.717, 1.165) is 0 Å². The minimum atomic E-state index is -0.442. The molecule has 0 bridgehead atoms. The van der Waals surface area contributed by atoms with E-state index in [-0.39, 0.29) is 10.6 Å². The molecule has 0 unspecified atom stereocenters. The molecule has 0 aliphatic rings. The molecule has 2 aromatic carbocycles. The maximum atomic E-state index is 13.7. The average molecular weight is 276 g/mol. The van der Waals surface area contributed by atoms with E-state index in [1.165, 1.54) is 12.1 Å². The number of hydrogen-bond donors (Lipinski definition) is 0. The Labute approximate surface area is 108 Å². The quantitative estimate of drug-likeness (QED) is 0.649. The van der Waals surface area contributed by atoms with Crippen molar-refractivity contribution >= 4 is 34.8 Å². The van der Waals surface area contributed by atoms with Crippen LogP contribution in [0.1, 0.15) is 0 Å². The van der Waals surface area contributed by atoms with Crippen LogP contribution in [0.2, 0.25) is 15.1 Å². The van der Waals surface area contributed by atoms with Crippen LogP contribution in [0.15, 0.2) is 36.4 Å². The van der Waals surface area contributed by atoms with E-state index in [1.54, 1.807) is 24.3 Å². The van der Waals surface area contributed by atoms with E-state index in [1.807, 2.05) is 0 Å². The van der Waals surface area contributed by atoms with Crippen LogP contribution in [0.5, 0.6) is 0 Å². The van der Waals surface area contributed by atoms with Gasteiger partial charge in [-0.3, -0.25) is 0 Å². The first-order chi connectivity index (χ1) is 7.61. The predicted molar refractivity (Wildman–Crippen MR) is 66.9 cm³/mol. The molecule has 0 aliphatic heterocycles. The van der Waals surface area contributed by atoms with Gasteiger partial charge in [-0.1, -0.05) is 46.9 Å². The van der Waals surface area contributed by atoms with Gasteiger partial charge in [0.1, 0.15) is 5.82 Å². The summed E-state index contributed by atoms with van der Waals surface area (Å²) in [6.45, 7) is 0. The third kappa shape index (κ3) is 2.03. The van der Waals surface area contributed by atoms with E-state index in [9.17, 15) is 4.39 Å². The van der Waals surface area contributed by atoms with Gasteiger partial charge >= 0.3 is 0 Å². The van der Waals surface area contributed by atoms with Crippen molar-refractivity contribution in [3.63, 3.8) is 0 Å². The van der Waals surface area contributed by atoms with E-state index in [2.05, 4.69) is 0 Å². The molecule has 0 radical (unpaired) electrons. The zero-order valence-electron chi connectivity index (χ0n) is 7.98. The van der Waals surface area contributed by atoms with Gasteiger partial charge in [-0.05, 0) is 24.3 Å². The van der Waals surface area contributed by atoms with Gasteiger partial charge in [0.25, 0.3) is 0 Å². The molecular weight excluding hydrogens is 269 g/mol. The normalized spacial score (nSPS) is 10.5. The molecule has 0 N–H and O–H groups in total. The molecule has 4 heteroatoms. The molecule has 2 rings (SSSR count). The third-order valence-corrected chi connectivity index (χ3v) is 3.12. The summed E-state index contributed by atoms with van der Waals surface area (Å²) in [5.74, 6) is -0.442. The Balaban J connectivity index is 2.77. The fourth-order valence-corrected chi connectivity index (χ4v) is 2.32. The summed E-state index contributed by atoms with van der Waals surface area (Å²) in [6, 6.07) is 9.44. The van der Waals surface area contributed by atoms with E-state index >= 15 is 0 Å². The lowest BCUT2D eigenvalue weighted by molar-refractivity contribution is 0.631. The summed E-state index contributed by atoms with van der Waals surface area (Å²) in [5.41, 5.74) is 0.661. The van der Waals surface area contributed by atoms with Crippen LogP contribution >= 0.6 is 34.8 Å². The highest BCUT2D eigenvalue weighted by molar-refractivity contribution is 6.41. The van der Waals surface area contributed by atoms with Gasteiger partial charge in [0, 0.05) is 11.1 Å². The number of halogens is 4. The van der Waals surface area contributed by atoms with Gasteiger partial charge in [0.2, 0.25) is 0 Å². The first-order valence-corrected chi connectivity index (χ1v) is 5.63. The van der Waals surface area contributed by atoms with Crippen molar-refractivity contribution < 1.29 is 4.39 Å². The minimum absolute atomic E-state index is 0.236. The second-order valence-corrected chi connectivity index (χ2v) is 4.41. The Kier molecular flexibility index (Phi) is 3.38. The lowest BCUT2D eigenvalue weighted by Gasteiger charge is -2.09. The van der Waals surface area contributed by atoms with E-state index in [0.29, 0.717) is 15.6 Å². The monoisotopic (exact) mass is 274 g/mol. The van der Waals surface area contributed by atoms with Crippen LogP contribution in [0.3, 0.4) is 0 Å². The molecule has 0 nitrogen and oxygen atoms in total. The topological polar surface area (TPSA) is 0 Å². The van der Waals surface area contributed by atoms with Gasteiger partial charge in [-0.2, -0.15) is 0 Å². The molecule has 0 saturated heterocycles. The molecule has 16 heavy (non-hydrogen) atoms. The van der Waals surface area contributed by atoms with Crippen molar-refractivity contribution in [1.82, 2.24) is 0 Å². The predicted octanol–water partition coefficient (Wildman–Crippen LogP) is 5.45. The molecular formula is C12H6Cl3F. The van der Waals surface area contributed by atoms with Gasteiger partial charge in [-0.25, -0.2) is 4.39 Å². The van der Waals surface area contributed by atoms with Gasteiger partial charge in [-0.15, -0.1) is 0 Å². The largest absolute Gasteiger partial charge is 0.206 e. The number of hydrogen-bond acceptors (Lipinski definition) is 0. The second kappa shape index (κ2) is 4.62. The number of rotatable bonds is 1. The molecule has 0 saturated carbocycles. The van der Waals surface area contributed by atoms with Gasteiger partial charge in [0.05, 0.1) is 15.1 Å². The lowest BCUT2D eigenvalue weighted by Crippen LogP contribution is -1.88. The second-order valence-electron chi connectivity index (χ2n) is 3.19. The molecule has 2 aromatic rings. The molecule has 0 aromatic heterocycles. The van der Waals surface area contributed by atoms with Crippen LogP contribution in [0.4, 0.5) is 4.39 Å². The van der Waals surface area contributed by atoms with Crippen molar-refractivity contribution in [2.45, 2.75) is 0 Å². The molecule has 82 valence electrons. The van der Waals surface area contributed by atoms with Gasteiger partial charge in [0.15, 0.2) is 0 Å². The summed E-state index contributed by atoms with van der Waals surface area (Å²) < 4.78 is 13.7. The van der Waals surface area contributed by atoms with Crippen molar-refractivity contribution in [1.29, 1.82) is 0 Å². The molecule has 0 atom stereocenters. The number of benzene rings is 2. The van der Waals surface area contributed by atoms with Crippen LogP contribution in [-0.2, 0) is 0 Å². The first-order valence-electron chi connectivity index (χ1n) is 4.49. The standard InChI is InChI=1S/C12H6Cl3F/c13-7-3-1-4-8(14)11(7)12-9(15)5-2-6-10(12)16/h1-6H. The average Bonchev–Trinajstić information content (AvgIpc) is 2.21. The van der Waals surface area contributed by atoms with Crippen LogP contribution < -0.4 is 0 Å². The highest BCUT2D eigenvalue weighted by Gasteiger charge is 2.15. The highest BCUT2D eigenvalue weighted by Crippen LogP contribution is 2.39. The van der Waals surface area contributed by atoms with E-state index in [4.69, 9.17) is 34.8 Å². The maximum absolute atomic E-state index is 13.7. The fraction of sp³-hybridized carbons (Fsp3) is 0. The van der Waals surface area contributed by atoms with Crippen LogP contribution in [-0.4, -0.2) is 0 Å².